The Morgan fingerprint density at radius 1 is 1.77 bits per heavy atom. The van der Waals surface area contributed by atoms with Gasteiger partial charge in [-0.1, -0.05) is 6.92 Å². The third kappa shape index (κ3) is 1.91. The van der Waals surface area contributed by atoms with Gasteiger partial charge in [0, 0.05) is 25.7 Å². The minimum Gasteiger partial charge on any atom is -0.327 e. The van der Waals surface area contributed by atoms with Crippen molar-refractivity contribution in [3.8, 4) is 0 Å². The number of nitrogens with zero attached hydrogens (tertiary/aromatic N) is 2. The van der Waals surface area contributed by atoms with Crippen LogP contribution in [0.3, 0.4) is 0 Å². The first-order chi connectivity index (χ1) is 6.16. The van der Waals surface area contributed by atoms with E-state index in [1.165, 1.54) is 6.42 Å². The second-order valence-corrected chi connectivity index (χ2v) is 4.23. The van der Waals surface area contributed by atoms with E-state index in [0.717, 1.165) is 24.0 Å². The average Bonchev–Trinajstić information content (AvgIpc) is 2.66. The van der Waals surface area contributed by atoms with Crippen LogP contribution in [0.2, 0.25) is 0 Å². The minimum absolute atomic E-state index is 0.310. The van der Waals surface area contributed by atoms with Gasteiger partial charge in [0.2, 0.25) is 0 Å². The standard InChI is InChI=1S/C10H17N3/c1-7-5-9(7)10(11)6-8-3-4-13(2)12-8/h3-4,7,9-10H,5-6,11H2,1-2H3. The van der Waals surface area contributed by atoms with Crippen LogP contribution in [0.4, 0.5) is 0 Å². The van der Waals surface area contributed by atoms with Crippen LogP contribution in [-0.2, 0) is 13.5 Å². The molecule has 0 radical (unpaired) electrons. The lowest BCUT2D eigenvalue weighted by molar-refractivity contribution is 0.549. The van der Waals surface area contributed by atoms with E-state index in [1.54, 1.807) is 0 Å². The monoisotopic (exact) mass is 179 g/mol. The lowest BCUT2D eigenvalue weighted by Gasteiger charge is -2.07. The van der Waals surface area contributed by atoms with E-state index >= 15 is 0 Å². The van der Waals surface area contributed by atoms with Crippen molar-refractivity contribution in [2.75, 3.05) is 0 Å². The van der Waals surface area contributed by atoms with Gasteiger partial charge in [-0.3, -0.25) is 4.68 Å². The van der Waals surface area contributed by atoms with Crippen molar-refractivity contribution in [3.63, 3.8) is 0 Å². The zero-order chi connectivity index (χ0) is 9.42. The topological polar surface area (TPSA) is 43.8 Å². The Morgan fingerprint density at radius 3 is 2.92 bits per heavy atom. The van der Waals surface area contributed by atoms with Crippen LogP contribution in [-0.4, -0.2) is 15.8 Å². The van der Waals surface area contributed by atoms with Crippen LogP contribution in [0.1, 0.15) is 19.0 Å². The first kappa shape index (κ1) is 8.75. The number of aryl methyl sites for hydroxylation is 1. The molecule has 3 unspecified atom stereocenters. The predicted molar refractivity (Wildman–Crippen MR) is 52.2 cm³/mol. The van der Waals surface area contributed by atoms with Gasteiger partial charge in [-0.15, -0.1) is 0 Å². The highest BCUT2D eigenvalue weighted by Crippen LogP contribution is 2.40. The number of rotatable bonds is 3. The van der Waals surface area contributed by atoms with E-state index < -0.39 is 0 Å². The maximum atomic E-state index is 6.06. The van der Waals surface area contributed by atoms with Crippen molar-refractivity contribution in [2.45, 2.75) is 25.8 Å². The SMILES string of the molecule is CC1CC1C(N)Cc1ccn(C)n1. The highest BCUT2D eigenvalue weighted by Gasteiger charge is 2.37. The molecule has 0 bridgehead atoms. The van der Waals surface area contributed by atoms with Crippen molar-refractivity contribution in [2.24, 2.45) is 24.6 Å². The highest BCUT2D eigenvalue weighted by molar-refractivity contribution is 5.04. The molecule has 1 fully saturated rings. The van der Waals surface area contributed by atoms with Gasteiger partial charge in [0.15, 0.2) is 0 Å². The molecule has 2 N–H and O–H groups in total. The molecule has 1 saturated carbocycles. The molecule has 3 nitrogen and oxygen atoms in total. The van der Waals surface area contributed by atoms with Crippen molar-refractivity contribution >= 4 is 0 Å². The van der Waals surface area contributed by atoms with E-state index in [2.05, 4.69) is 12.0 Å². The summed E-state index contributed by atoms with van der Waals surface area (Å²) in [6.45, 7) is 2.27. The summed E-state index contributed by atoms with van der Waals surface area (Å²) in [5, 5.41) is 4.32. The van der Waals surface area contributed by atoms with Gasteiger partial charge in [-0.05, 0) is 24.3 Å². The maximum absolute atomic E-state index is 6.06. The van der Waals surface area contributed by atoms with E-state index in [0.29, 0.717) is 6.04 Å². The van der Waals surface area contributed by atoms with Gasteiger partial charge >= 0.3 is 0 Å². The predicted octanol–water partition coefficient (Wildman–Crippen LogP) is 0.946. The number of nitrogens with two attached hydrogens (primary N) is 1. The number of aromatic nitrogens is 2. The molecule has 1 aromatic rings. The van der Waals surface area contributed by atoms with Crippen molar-refractivity contribution in [1.82, 2.24) is 9.78 Å². The fourth-order valence-electron chi connectivity index (χ4n) is 1.91. The Hall–Kier alpha value is -0.830. The van der Waals surface area contributed by atoms with Crippen LogP contribution >= 0.6 is 0 Å². The molecule has 2 rings (SSSR count). The molecule has 1 aromatic heterocycles. The van der Waals surface area contributed by atoms with E-state index in [9.17, 15) is 0 Å². The van der Waals surface area contributed by atoms with Gasteiger partial charge in [0.05, 0.1) is 5.69 Å². The molecule has 0 saturated heterocycles. The largest absolute Gasteiger partial charge is 0.327 e. The van der Waals surface area contributed by atoms with Crippen molar-refractivity contribution < 1.29 is 0 Å². The van der Waals surface area contributed by atoms with Crippen LogP contribution in [0.15, 0.2) is 12.3 Å². The van der Waals surface area contributed by atoms with Gasteiger partial charge < -0.3 is 5.73 Å². The zero-order valence-electron chi connectivity index (χ0n) is 8.27. The summed E-state index contributed by atoms with van der Waals surface area (Å²) in [4.78, 5) is 0. The van der Waals surface area contributed by atoms with Gasteiger partial charge in [0.25, 0.3) is 0 Å². The van der Waals surface area contributed by atoms with Crippen molar-refractivity contribution in [1.29, 1.82) is 0 Å². The van der Waals surface area contributed by atoms with E-state index in [1.807, 2.05) is 24.0 Å². The zero-order valence-corrected chi connectivity index (χ0v) is 8.27. The Morgan fingerprint density at radius 2 is 2.46 bits per heavy atom. The Balaban J connectivity index is 1.91. The second kappa shape index (κ2) is 3.14. The van der Waals surface area contributed by atoms with E-state index in [4.69, 9.17) is 5.73 Å². The molecule has 1 aliphatic rings. The summed E-state index contributed by atoms with van der Waals surface area (Å²) in [5.74, 6) is 1.57. The maximum Gasteiger partial charge on any atom is 0.0640 e. The molecule has 3 atom stereocenters. The molecule has 3 heteroatoms. The molecule has 13 heavy (non-hydrogen) atoms. The molecule has 0 aliphatic heterocycles. The number of hydrogen-bond acceptors (Lipinski definition) is 2. The molecule has 1 heterocycles. The molecule has 72 valence electrons. The third-order valence-electron chi connectivity index (χ3n) is 2.94. The Labute approximate surface area is 78.9 Å². The average molecular weight is 179 g/mol. The highest BCUT2D eigenvalue weighted by atomic mass is 15.2. The summed E-state index contributed by atoms with van der Waals surface area (Å²) in [7, 11) is 1.94. The van der Waals surface area contributed by atoms with E-state index in [-0.39, 0.29) is 0 Å². The third-order valence-corrected chi connectivity index (χ3v) is 2.94. The minimum atomic E-state index is 0.310. The lowest BCUT2D eigenvalue weighted by atomic mass is 10.1. The molecule has 0 aromatic carbocycles. The smallest absolute Gasteiger partial charge is 0.0640 e. The van der Waals surface area contributed by atoms with Crippen LogP contribution in [0, 0.1) is 11.8 Å². The summed E-state index contributed by atoms with van der Waals surface area (Å²) in [5.41, 5.74) is 7.18. The van der Waals surface area contributed by atoms with Crippen molar-refractivity contribution in [3.05, 3.63) is 18.0 Å². The fourth-order valence-corrected chi connectivity index (χ4v) is 1.91. The summed E-state index contributed by atoms with van der Waals surface area (Å²) >= 11 is 0. The van der Waals surface area contributed by atoms with Gasteiger partial charge in [0.1, 0.15) is 0 Å². The van der Waals surface area contributed by atoms with Gasteiger partial charge in [-0.2, -0.15) is 5.10 Å². The number of hydrogen-bond donors (Lipinski definition) is 1. The molecule has 1 aliphatic carbocycles. The Bertz CT molecular complexity index is 292. The Kier molecular flexibility index (Phi) is 2.12. The van der Waals surface area contributed by atoms with Crippen LogP contribution in [0.25, 0.3) is 0 Å². The van der Waals surface area contributed by atoms with Gasteiger partial charge in [-0.25, -0.2) is 0 Å². The molecular formula is C10H17N3. The first-order valence-electron chi connectivity index (χ1n) is 4.91. The normalized spacial score (nSPS) is 28.8. The summed E-state index contributed by atoms with van der Waals surface area (Å²) in [6, 6.07) is 2.36. The fraction of sp³-hybridized carbons (Fsp3) is 0.700. The molecular weight excluding hydrogens is 162 g/mol. The lowest BCUT2D eigenvalue weighted by Crippen LogP contribution is -2.26. The molecule has 0 spiro atoms. The summed E-state index contributed by atoms with van der Waals surface area (Å²) in [6.07, 6.45) is 4.20. The second-order valence-electron chi connectivity index (χ2n) is 4.23. The summed E-state index contributed by atoms with van der Waals surface area (Å²) < 4.78 is 1.83. The first-order valence-corrected chi connectivity index (χ1v) is 4.91. The van der Waals surface area contributed by atoms with Crippen LogP contribution < -0.4 is 5.73 Å². The quantitative estimate of drug-likeness (QED) is 0.750. The molecule has 0 amide bonds. The van der Waals surface area contributed by atoms with Crippen LogP contribution in [0.5, 0.6) is 0 Å².